The summed E-state index contributed by atoms with van der Waals surface area (Å²) < 4.78 is 6.67. The number of hydrogen-bond acceptors (Lipinski definition) is 6. The SMILES string of the molecule is CCc1nnc2c(C#N)c(C)c3cc(C(=O)O)c(=O)oc3n12. The van der Waals surface area contributed by atoms with Gasteiger partial charge in [-0.1, -0.05) is 6.92 Å². The van der Waals surface area contributed by atoms with Crippen molar-refractivity contribution in [3.05, 3.63) is 39.0 Å². The summed E-state index contributed by atoms with van der Waals surface area (Å²) >= 11 is 0. The minimum absolute atomic E-state index is 0.142. The van der Waals surface area contributed by atoms with Crippen LogP contribution in [0, 0.1) is 18.3 Å². The fourth-order valence-corrected chi connectivity index (χ4v) is 2.40. The summed E-state index contributed by atoms with van der Waals surface area (Å²) in [5.74, 6) is -0.865. The van der Waals surface area contributed by atoms with Crippen molar-refractivity contribution in [2.75, 3.05) is 0 Å². The summed E-state index contributed by atoms with van der Waals surface area (Å²) in [4.78, 5) is 23.0. The Balaban J connectivity index is 2.64. The van der Waals surface area contributed by atoms with Gasteiger partial charge in [0.2, 0.25) is 5.71 Å². The Morgan fingerprint density at radius 1 is 1.50 bits per heavy atom. The average molecular weight is 298 g/mol. The van der Waals surface area contributed by atoms with Gasteiger partial charge in [-0.3, -0.25) is 0 Å². The zero-order chi connectivity index (χ0) is 16.0. The highest BCUT2D eigenvalue weighted by molar-refractivity contribution is 5.93. The molecule has 0 aliphatic heterocycles. The van der Waals surface area contributed by atoms with Crippen LogP contribution < -0.4 is 5.63 Å². The number of pyridine rings is 1. The van der Waals surface area contributed by atoms with Crippen LogP contribution in [-0.4, -0.2) is 25.7 Å². The summed E-state index contributed by atoms with van der Waals surface area (Å²) in [5.41, 5.74) is -0.249. The van der Waals surface area contributed by atoms with E-state index in [1.54, 1.807) is 6.92 Å². The van der Waals surface area contributed by atoms with Gasteiger partial charge in [-0.2, -0.15) is 5.26 Å². The van der Waals surface area contributed by atoms with Crippen molar-refractivity contribution >= 4 is 22.7 Å². The van der Waals surface area contributed by atoms with Crippen molar-refractivity contribution in [3.8, 4) is 6.07 Å². The van der Waals surface area contributed by atoms with Crippen LogP contribution in [0.25, 0.3) is 16.7 Å². The molecule has 0 aliphatic carbocycles. The Labute approximate surface area is 123 Å². The Morgan fingerprint density at radius 3 is 2.82 bits per heavy atom. The van der Waals surface area contributed by atoms with Gasteiger partial charge in [0.15, 0.2) is 5.65 Å². The Hall–Kier alpha value is -3.21. The summed E-state index contributed by atoms with van der Waals surface area (Å²) in [6.45, 7) is 3.49. The van der Waals surface area contributed by atoms with Gasteiger partial charge in [0.1, 0.15) is 23.0 Å². The van der Waals surface area contributed by atoms with Crippen molar-refractivity contribution in [1.29, 1.82) is 5.26 Å². The molecule has 8 heteroatoms. The van der Waals surface area contributed by atoms with E-state index >= 15 is 0 Å². The quantitative estimate of drug-likeness (QED) is 0.756. The van der Waals surface area contributed by atoms with Gasteiger partial charge in [-0.25, -0.2) is 14.0 Å². The first-order chi connectivity index (χ1) is 10.5. The molecule has 0 aliphatic rings. The third-order valence-electron chi connectivity index (χ3n) is 3.52. The molecule has 8 nitrogen and oxygen atoms in total. The fourth-order valence-electron chi connectivity index (χ4n) is 2.40. The third-order valence-corrected chi connectivity index (χ3v) is 3.52. The summed E-state index contributed by atoms with van der Waals surface area (Å²) in [7, 11) is 0. The summed E-state index contributed by atoms with van der Waals surface area (Å²) in [6.07, 6.45) is 0.509. The molecular weight excluding hydrogens is 288 g/mol. The van der Waals surface area contributed by atoms with Crippen molar-refractivity contribution in [1.82, 2.24) is 14.6 Å². The molecule has 0 bridgehead atoms. The van der Waals surface area contributed by atoms with E-state index in [1.807, 2.05) is 13.0 Å². The number of aromatic carboxylic acids is 1. The van der Waals surface area contributed by atoms with Crippen LogP contribution in [-0.2, 0) is 6.42 Å². The van der Waals surface area contributed by atoms with E-state index in [1.165, 1.54) is 10.5 Å². The first kappa shape index (κ1) is 13.8. The highest BCUT2D eigenvalue weighted by Crippen LogP contribution is 2.26. The molecule has 110 valence electrons. The van der Waals surface area contributed by atoms with Crippen LogP contribution in [0.5, 0.6) is 0 Å². The monoisotopic (exact) mass is 298 g/mol. The number of hydrogen-bond donors (Lipinski definition) is 1. The Bertz CT molecular complexity index is 1040. The van der Waals surface area contributed by atoms with Crippen LogP contribution >= 0.6 is 0 Å². The predicted octanol–water partition coefficient (Wildman–Crippen LogP) is 1.28. The Morgan fingerprint density at radius 2 is 2.23 bits per heavy atom. The van der Waals surface area contributed by atoms with Gasteiger partial charge in [0.25, 0.3) is 0 Å². The molecule has 3 rings (SSSR count). The molecule has 0 fully saturated rings. The van der Waals surface area contributed by atoms with E-state index < -0.39 is 17.2 Å². The van der Waals surface area contributed by atoms with Crippen molar-refractivity contribution < 1.29 is 14.3 Å². The second-order valence-electron chi connectivity index (χ2n) is 4.71. The molecule has 3 aromatic rings. The van der Waals surface area contributed by atoms with Crippen LogP contribution in [0.1, 0.15) is 34.2 Å². The molecule has 0 aromatic carbocycles. The van der Waals surface area contributed by atoms with Gasteiger partial charge in [-0.15, -0.1) is 10.2 Å². The average Bonchev–Trinajstić information content (AvgIpc) is 2.90. The van der Waals surface area contributed by atoms with Gasteiger partial charge in [0.05, 0.1) is 0 Å². The van der Waals surface area contributed by atoms with Crippen LogP contribution in [0.4, 0.5) is 0 Å². The van der Waals surface area contributed by atoms with Crippen LogP contribution in [0.3, 0.4) is 0 Å². The van der Waals surface area contributed by atoms with E-state index in [9.17, 15) is 14.9 Å². The standard InChI is InChI=1S/C14H10N4O4/c1-3-10-16-17-11-9(5-15)6(2)7-4-8(13(19)20)14(21)22-12(7)18(10)11/h4H,3H2,1-2H3,(H,19,20). The van der Waals surface area contributed by atoms with Gasteiger partial charge in [-0.05, 0) is 18.6 Å². The van der Waals surface area contributed by atoms with Gasteiger partial charge < -0.3 is 9.52 Å². The molecule has 0 spiro atoms. The van der Waals surface area contributed by atoms with E-state index in [0.717, 1.165) is 0 Å². The fraction of sp³-hybridized carbons (Fsp3) is 0.214. The predicted molar refractivity (Wildman–Crippen MR) is 74.8 cm³/mol. The number of rotatable bonds is 2. The summed E-state index contributed by atoms with van der Waals surface area (Å²) in [5, 5.41) is 26.7. The maximum atomic E-state index is 11.8. The van der Waals surface area contributed by atoms with Crippen molar-refractivity contribution in [2.45, 2.75) is 20.3 Å². The lowest BCUT2D eigenvalue weighted by atomic mass is 10.1. The molecule has 3 heterocycles. The minimum atomic E-state index is -1.38. The third kappa shape index (κ3) is 1.69. The van der Waals surface area contributed by atoms with Crippen LogP contribution in [0.2, 0.25) is 0 Å². The highest BCUT2D eigenvalue weighted by Gasteiger charge is 2.21. The number of nitriles is 1. The number of nitrogens with zero attached hydrogens (tertiary/aromatic N) is 4. The minimum Gasteiger partial charge on any atom is -0.477 e. The molecule has 3 aromatic heterocycles. The topological polar surface area (TPSA) is 121 Å². The molecule has 0 saturated heterocycles. The number of fused-ring (bicyclic) bond motifs is 3. The maximum absolute atomic E-state index is 11.8. The number of carbonyl (C=O) groups is 1. The van der Waals surface area contributed by atoms with Crippen molar-refractivity contribution in [3.63, 3.8) is 0 Å². The molecule has 1 N–H and O–H groups in total. The van der Waals surface area contributed by atoms with Crippen LogP contribution in [0.15, 0.2) is 15.3 Å². The van der Waals surface area contributed by atoms with Gasteiger partial charge in [0, 0.05) is 11.8 Å². The first-order valence-corrected chi connectivity index (χ1v) is 6.47. The largest absolute Gasteiger partial charge is 0.477 e. The van der Waals surface area contributed by atoms with E-state index in [-0.39, 0.29) is 16.9 Å². The molecule has 0 saturated carbocycles. The number of aromatic nitrogens is 3. The van der Waals surface area contributed by atoms with E-state index in [4.69, 9.17) is 9.52 Å². The zero-order valence-corrected chi connectivity index (χ0v) is 11.7. The van der Waals surface area contributed by atoms with E-state index in [0.29, 0.717) is 23.2 Å². The lowest BCUT2D eigenvalue weighted by Gasteiger charge is -2.08. The lowest BCUT2D eigenvalue weighted by Crippen LogP contribution is -2.14. The number of carboxylic acids is 1. The number of aryl methyl sites for hydroxylation is 2. The van der Waals surface area contributed by atoms with E-state index in [2.05, 4.69) is 10.2 Å². The molecular formula is C14H10N4O4. The number of carboxylic acid groups (broad SMARTS) is 1. The molecule has 0 radical (unpaired) electrons. The molecule has 0 amide bonds. The van der Waals surface area contributed by atoms with Crippen molar-refractivity contribution in [2.24, 2.45) is 0 Å². The normalized spacial score (nSPS) is 11.0. The second-order valence-corrected chi connectivity index (χ2v) is 4.71. The maximum Gasteiger partial charge on any atom is 0.352 e. The van der Waals surface area contributed by atoms with Gasteiger partial charge >= 0.3 is 11.6 Å². The Kier molecular flexibility index (Phi) is 2.92. The smallest absolute Gasteiger partial charge is 0.352 e. The molecule has 22 heavy (non-hydrogen) atoms. The summed E-state index contributed by atoms with van der Waals surface area (Å²) in [6, 6.07) is 3.26. The molecule has 0 unspecified atom stereocenters. The second kappa shape index (κ2) is 4.66. The first-order valence-electron chi connectivity index (χ1n) is 6.47. The lowest BCUT2D eigenvalue weighted by molar-refractivity contribution is 0.0692. The molecule has 0 atom stereocenters. The zero-order valence-electron chi connectivity index (χ0n) is 11.7. The highest BCUT2D eigenvalue weighted by atomic mass is 16.4.